The largest absolute Gasteiger partial charge is 0.493 e. The molecule has 0 aliphatic carbocycles. The summed E-state index contributed by atoms with van der Waals surface area (Å²) in [5.41, 5.74) is 4.15. The highest BCUT2D eigenvalue weighted by atomic mass is 32.2. The van der Waals surface area contributed by atoms with Gasteiger partial charge in [0.05, 0.1) is 7.11 Å². The minimum atomic E-state index is -0.0865. The number of nitrogens with zero attached hydrogens (tertiary/aromatic N) is 1. The van der Waals surface area contributed by atoms with Gasteiger partial charge in [0, 0.05) is 18.0 Å². The van der Waals surface area contributed by atoms with Crippen molar-refractivity contribution in [1.29, 1.82) is 0 Å². The highest BCUT2D eigenvalue weighted by Gasteiger charge is 2.31. The zero-order valence-electron chi connectivity index (χ0n) is 18.4. The van der Waals surface area contributed by atoms with Crippen LogP contribution in [0.15, 0.2) is 72.8 Å². The number of urea groups is 1. The molecular formula is C26H28N2O3S. The van der Waals surface area contributed by atoms with Gasteiger partial charge in [-0.15, -0.1) is 11.8 Å². The lowest BCUT2D eigenvalue weighted by Gasteiger charge is -2.25. The number of methoxy groups -OCH3 is 1. The lowest BCUT2D eigenvalue weighted by Crippen LogP contribution is -2.34. The van der Waals surface area contributed by atoms with Gasteiger partial charge in [0.1, 0.15) is 12.0 Å². The Balaban J connectivity index is 1.47. The van der Waals surface area contributed by atoms with Crippen molar-refractivity contribution in [2.45, 2.75) is 25.3 Å². The summed E-state index contributed by atoms with van der Waals surface area (Å²) in [6.07, 6.45) is 0.935. The molecule has 3 aromatic rings. The Hall–Kier alpha value is -3.12. The fourth-order valence-electron chi connectivity index (χ4n) is 3.71. The van der Waals surface area contributed by atoms with Crippen molar-refractivity contribution in [2.24, 2.45) is 0 Å². The van der Waals surface area contributed by atoms with E-state index in [0.717, 1.165) is 29.0 Å². The molecule has 166 valence electrons. The van der Waals surface area contributed by atoms with Crippen molar-refractivity contribution in [2.75, 3.05) is 24.7 Å². The number of carbonyl (C=O) groups is 1. The van der Waals surface area contributed by atoms with Crippen molar-refractivity contribution in [3.8, 4) is 11.5 Å². The second kappa shape index (κ2) is 10.5. The number of nitrogens with one attached hydrogen (secondary N) is 1. The summed E-state index contributed by atoms with van der Waals surface area (Å²) in [7, 11) is 1.64. The number of hydrogen-bond acceptors (Lipinski definition) is 4. The van der Waals surface area contributed by atoms with Crippen molar-refractivity contribution in [1.82, 2.24) is 4.90 Å². The third-order valence-electron chi connectivity index (χ3n) is 5.45. The van der Waals surface area contributed by atoms with Gasteiger partial charge in [-0.1, -0.05) is 55.5 Å². The van der Waals surface area contributed by atoms with Gasteiger partial charge < -0.3 is 19.7 Å². The summed E-state index contributed by atoms with van der Waals surface area (Å²) >= 11 is 1.75. The molecule has 1 atom stereocenters. The molecule has 0 spiro atoms. The van der Waals surface area contributed by atoms with E-state index in [1.165, 1.54) is 5.56 Å². The maximum absolute atomic E-state index is 13.0. The predicted molar refractivity (Wildman–Crippen MR) is 131 cm³/mol. The van der Waals surface area contributed by atoms with Gasteiger partial charge in [0.15, 0.2) is 11.5 Å². The SMILES string of the molecule is CCc1cccc(NC(=O)N2CCSC2c2ccc(OCc3ccccc3)c(OC)c2)c1. The molecule has 0 saturated carbocycles. The second-order valence-corrected chi connectivity index (χ2v) is 8.77. The van der Waals surface area contributed by atoms with Crippen LogP contribution < -0.4 is 14.8 Å². The monoisotopic (exact) mass is 448 g/mol. The van der Waals surface area contributed by atoms with E-state index in [1.54, 1.807) is 18.9 Å². The molecule has 0 radical (unpaired) electrons. The number of benzene rings is 3. The zero-order valence-corrected chi connectivity index (χ0v) is 19.2. The van der Waals surface area contributed by atoms with Gasteiger partial charge in [0.25, 0.3) is 0 Å². The molecule has 3 aromatic carbocycles. The molecule has 1 fully saturated rings. The number of hydrogen-bond donors (Lipinski definition) is 1. The van der Waals surface area contributed by atoms with Crippen molar-refractivity contribution < 1.29 is 14.3 Å². The van der Waals surface area contributed by atoms with Gasteiger partial charge in [-0.25, -0.2) is 4.79 Å². The molecular weight excluding hydrogens is 420 g/mol. The summed E-state index contributed by atoms with van der Waals surface area (Å²) in [6, 6.07) is 23.9. The van der Waals surface area contributed by atoms with Crippen LogP contribution in [0.2, 0.25) is 0 Å². The van der Waals surface area contributed by atoms with Crippen molar-refractivity contribution in [3.63, 3.8) is 0 Å². The van der Waals surface area contributed by atoms with Crippen LogP contribution in [-0.2, 0) is 13.0 Å². The zero-order chi connectivity index (χ0) is 22.3. The molecule has 1 saturated heterocycles. The maximum Gasteiger partial charge on any atom is 0.323 e. The lowest BCUT2D eigenvalue weighted by atomic mass is 10.1. The molecule has 1 aliphatic heterocycles. The standard InChI is InChI=1S/C26H28N2O3S/c1-3-19-10-7-11-22(16-19)27-26(29)28-14-15-32-25(28)21-12-13-23(24(17-21)30-2)31-18-20-8-5-4-6-9-20/h4-13,16-17,25H,3,14-15,18H2,1-2H3,(H,27,29). The Morgan fingerprint density at radius 2 is 1.84 bits per heavy atom. The summed E-state index contributed by atoms with van der Waals surface area (Å²) in [4.78, 5) is 14.9. The first-order valence-corrected chi connectivity index (χ1v) is 11.9. The smallest absolute Gasteiger partial charge is 0.323 e. The van der Waals surface area contributed by atoms with Gasteiger partial charge in [0.2, 0.25) is 0 Å². The molecule has 0 bridgehead atoms. The van der Waals surface area contributed by atoms with E-state index in [2.05, 4.69) is 18.3 Å². The Labute approximate surface area is 193 Å². The highest BCUT2D eigenvalue weighted by Crippen LogP contribution is 2.41. The van der Waals surface area contributed by atoms with Crippen LogP contribution >= 0.6 is 11.8 Å². The minimum Gasteiger partial charge on any atom is -0.493 e. The van der Waals surface area contributed by atoms with Crippen LogP contribution in [0.5, 0.6) is 11.5 Å². The summed E-state index contributed by atoms with van der Waals surface area (Å²) in [5, 5.41) is 2.99. The normalized spacial score (nSPS) is 15.4. The van der Waals surface area contributed by atoms with E-state index in [4.69, 9.17) is 9.47 Å². The van der Waals surface area contributed by atoms with Gasteiger partial charge in [-0.3, -0.25) is 0 Å². The number of amides is 2. The molecule has 32 heavy (non-hydrogen) atoms. The molecule has 2 amide bonds. The van der Waals surface area contributed by atoms with Crippen LogP contribution in [0.4, 0.5) is 10.5 Å². The predicted octanol–water partition coefficient (Wildman–Crippen LogP) is 6.12. The van der Waals surface area contributed by atoms with Crippen LogP contribution in [0.1, 0.15) is 29.0 Å². The van der Waals surface area contributed by atoms with E-state index in [-0.39, 0.29) is 11.4 Å². The number of thioether (sulfide) groups is 1. The Bertz CT molecular complexity index is 1060. The first kappa shape index (κ1) is 22.1. The molecule has 6 heteroatoms. The number of aryl methyl sites for hydroxylation is 1. The third kappa shape index (κ3) is 5.19. The average molecular weight is 449 g/mol. The first-order chi connectivity index (χ1) is 15.7. The third-order valence-corrected chi connectivity index (χ3v) is 6.71. The first-order valence-electron chi connectivity index (χ1n) is 10.8. The molecule has 5 nitrogen and oxygen atoms in total. The molecule has 4 rings (SSSR count). The van der Waals surface area contributed by atoms with Gasteiger partial charge in [-0.2, -0.15) is 0 Å². The number of carbonyl (C=O) groups excluding carboxylic acids is 1. The van der Waals surface area contributed by atoms with Gasteiger partial charge in [-0.05, 0) is 47.4 Å². The van der Waals surface area contributed by atoms with E-state index >= 15 is 0 Å². The number of anilines is 1. The topological polar surface area (TPSA) is 50.8 Å². The van der Waals surface area contributed by atoms with Crippen LogP contribution in [0.25, 0.3) is 0 Å². The number of rotatable bonds is 7. The fourth-order valence-corrected chi connectivity index (χ4v) is 4.96. The summed E-state index contributed by atoms with van der Waals surface area (Å²) in [6.45, 7) is 3.28. The minimum absolute atomic E-state index is 0.0681. The number of ether oxygens (including phenoxy) is 2. The molecule has 1 aliphatic rings. The molecule has 0 aromatic heterocycles. The Kier molecular flexibility index (Phi) is 7.22. The summed E-state index contributed by atoms with van der Waals surface area (Å²) in [5.74, 6) is 2.25. The molecule has 1 N–H and O–H groups in total. The molecule has 1 unspecified atom stereocenters. The Morgan fingerprint density at radius 1 is 1.03 bits per heavy atom. The maximum atomic E-state index is 13.0. The fraction of sp³-hybridized carbons (Fsp3) is 0.269. The van der Waals surface area contributed by atoms with Crippen LogP contribution in [-0.4, -0.2) is 30.3 Å². The second-order valence-electron chi connectivity index (χ2n) is 7.59. The van der Waals surface area contributed by atoms with E-state index < -0.39 is 0 Å². The quantitative estimate of drug-likeness (QED) is 0.473. The highest BCUT2D eigenvalue weighted by molar-refractivity contribution is 7.99. The van der Waals surface area contributed by atoms with Crippen LogP contribution in [0.3, 0.4) is 0 Å². The lowest BCUT2D eigenvalue weighted by molar-refractivity contribution is 0.214. The average Bonchev–Trinajstić information content (AvgIpc) is 3.33. The van der Waals surface area contributed by atoms with E-state index in [9.17, 15) is 4.79 Å². The van der Waals surface area contributed by atoms with E-state index in [1.807, 2.05) is 71.6 Å². The van der Waals surface area contributed by atoms with Gasteiger partial charge >= 0.3 is 6.03 Å². The summed E-state index contributed by atoms with van der Waals surface area (Å²) < 4.78 is 11.6. The van der Waals surface area contributed by atoms with Crippen LogP contribution in [0, 0.1) is 0 Å². The molecule has 1 heterocycles. The Morgan fingerprint density at radius 3 is 2.62 bits per heavy atom. The van der Waals surface area contributed by atoms with Crippen molar-refractivity contribution in [3.05, 3.63) is 89.5 Å². The van der Waals surface area contributed by atoms with Crippen molar-refractivity contribution >= 4 is 23.5 Å². The van der Waals surface area contributed by atoms with E-state index in [0.29, 0.717) is 24.7 Å².